The number of anilines is 3. The molecule has 0 amide bonds. The van der Waals surface area contributed by atoms with E-state index in [1.807, 2.05) is 18.2 Å². The van der Waals surface area contributed by atoms with Gasteiger partial charge >= 0.3 is 0 Å². The summed E-state index contributed by atoms with van der Waals surface area (Å²) in [6, 6.07) is 10.2. The fraction of sp³-hybridized carbons (Fsp3) is 0.500. The van der Waals surface area contributed by atoms with Gasteiger partial charge in [-0.3, -0.25) is 0 Å². The summed E-state index contributed by atoms with van der Waals surface area (Å²) < 4.78 is 0. The second-order valence-electron chi connectivity index (χ2n) is 6.68. The van der Waals surface area contributed by atoms with E-state index < -0.39 is 0 Å². The highest BCUT2D eigenvalue weighted by Crippen LogP contribution is 2.23. The quantitative estimate of drug-likeness (QED) is 0.730. The number of hydrogen-bond acceptors (Lipinski definition) is 5. The van der Waals surface area contributed by atoms with E-state index in [2.05, 4.69) is 50.6 Å². The van der Waals surface area contributed by atoms with Crippen molar-refractivity contribution < 1.29 is 0 Å². The molecule has 0 radical (unpaired) electrons. The number of hydrogen-bond donors (Lipinski definition) is 0. The van der Waals surface area contributed by atoms with Crippen LogP contribution in [0.4, 0.5) is 17.3 Å². The Morgan fingerprint density at radius 1 is 0.962 bits per heavy atom. The third-order valence-electron chi connectivity index (χ3n) is 4.73. The van der Waals surface area contributed by atoms with Crippen LogP contribution in [-0.4, -0.2) is 49.2 Å². The number of aromatic nitrogens is 2. The van der Waals surface area contributed by atoms with Gasteiger partial charge in [0.15, 0.2) is 0 Å². The van der Waals surface area contributed by atoms with Crippen LogP contribution in [0.25, 0.3) is 0 Å². The molecule has 1 aliphatic heterocycles. The predicted molar refractivity (Wildman–Crippen MR) is 111 cm³/mol. The lowest BCUT2D eigenvalue weighted by molar-refractivity contribution is 0.646. The van der Waals surface area contributed by atoms with Crippen LogP contribution in [0.2, 0.25) is 5.02 Å². The summed E-state index contributed by atoms with van der Waals surface area (Å²) in [6.07, 6.45) is 3.95. The van der Waals surface area contributed by atoms with Gasteiger partial charge in [-0.15, -0.1) is 0 Å². The lowest BCUT2D eigenvalue weighted by Crippen LogP contribution is -2.46. The van der Waals surface area contributed by atoms with E-state index in [1.165, 1.54) is 5.69 Å². The van der Waals surface area contributed by atoms with Crippen LogP contribution >= 0.6 is 11.6 Å². The monoisotopic (exact) mass is 373 g/mol. The largest absolute Gasteiger partial charge is 0.368 e. The molecule has 1 aliphatic rings. The van der Waals surface area contributed by atoms with Crippen LogP contribution in [0.15, 0.2) is 36.7 Å². The second kappa shape index (κ2) is 9.08. The summed E-state index contributed by atoms with van der Waals surface area (Å²) in [7, 11) is 0. The first-order valence-electron chi connectivity index (χ1n) is 9.53. The summed E-state index contributed by atoms with van der Waals surface area (Å²) in [5.41, 5.74) is 1.19. The maximum Gasteiger partial charge on any atom is 0.134 e. The normalized spacial score (nSPS) is 14.6. The van der Waals surface area contributed by atoms with E-state index in [4.69, 9.17) is 11.6 Å². The van der Waals surface area contributed by atoms with Crippen LogP contribution in [-0.2, 0) is 0 Å². The summed E-state index contributed by atoms with van der Waals surface area (Å²) >= 11 is 6.13. The van der Waals surface area contributed by atoms with Crippen LogP contribution in [0, 0.1) is 0 Å². The third-order valence-corrected chi connectivity index (χ3v) is 4.96. The molecule has 0 atom stereocenters. The summed E-state index contributed by atoms with van der Waals surface area (Å²) in [4.78, 5) is 16.1. The van der Waals surface area contributed by atoms with E-state index in [0.29, 0.717) is 0 Å². The summed E-state index contributed by atoms with van der Waals surface area (Å²) in [5.74, 6) is 2.06. The molecule has 3 rings (SSSR count). The van der Waals surface area contributed by atoms with Gasteiger partial charge in [0.1, 0.15) is 18.0 Å². The van der Waals surface area contributed by atoms with E-state index >= 15 is 0 Å². The maximum absolute atomic E-state index is 6.13. The molecular weight excluding hydrogens is 346 g/mol. The van der Waals surface area contributed by atoms with E-state index in [-0.39, 0.29) is 0 Å². The van der Waals surface area contributed by atoms with Crippen molar-refractivity contribution in [2.75, 3.05) is 54.0 Å². The van der Waals surface area contributed by atoms with Crippen molar-refractivity contribution in [1.29, 1.82) is 0 Å². The van der Waals surface area contributed by atoms with Crippen molar-refractivity contribution in [3.63, 3.8) is 0 Å². The van der Waals surface area contributed by atoms with Gasteiger partial charge in [-0.1, -0.05) is 31.5 Å². The molecule has 0 bridgehead atoms. The fourth-order valence-corrected chi connectivity index (χ4v) is 3.61. The number of nitrogens with zero attached hydrogens (tertiary/aromatic N) is 5. The van der Waals surface area contributed by atoms with Gasteiger partial charge in [0.25, 0.3) is 0 Å². The number of benzene rings is 1. The highest BCUT2D eigenvalue weighted by Gasteiger charge is 2.19. The highest BCUT2D eigenvalue weighted by atomic mass is 35.5. The van der Waals surface area contributed by atoms with Gasteiger partial charge in [0.05, 0.1) is 0 Å². The summed E-state index contributed by atoms with van der Waals surface area (Å²) in [6.45, 7) is 10.3. The van der Waals surface area contributed by atoms with Crippen LogP contribution in [0.3, 0.4) is 0 Å². The summed E-state index contributed by atoms with van der Waals surface area (Å²) in [5, 5.41) is 0.789. The Morgan fingerprint density at radius 3 is 2.31 bits per heavy atom. The molecule has 2 aromatic rings. The molecule has 1 saturated heterocycles. The van der Waals surface area contributed by atoms with Crippen molar-refractivity contribution in [3.05, 3.63) is 41.7 Å². The molecule has 1 fully saturated rings. The number of piperazine rings is 1. The Bertz CT molecular complexity index is 694. The number of halogens is 1. The third kappa shape index (κ3) is 4.58. The Balaban J connectivity index is 1.66. The Morgan fingerprint density at radius 2 is 1.65 bits per heavy atom. The Labute approximate surface area is 161 Å². The van der Waals surface area contributed by atoms with E-state index in [1.54, 1.807) is 6.33 Å². The molecule has 1 aromatic carbocycles. The van der Waals surface area contributed by atoms with Gasteiger partial charge in [-0.25, -0.2) is 9.97 Å². The standard InChI is InChI=1S/C20H28ClN5/c1-3-8-25(9-4-2)19-15-20(23-16-22-19)26-12-10-24(11-13-26)18-7-5-6-17(21)14-18/h5-7,14-16H,3-4,8-13H2,1-2H3. The number of rotatable bonds is 7. The Hall–Kier alpha value is -2.01. The van der Waals surface area contributed by atoms with Gasteiger partial charge < -0.3 is 14.7 Å². The molecule has 0 saturated carbocycles. The Kier molecular flexibility index (Phi) is 6.56. The molecule has 0 unspecified atom stereocenters. The minimum atomic E-state index is 0.789. The molecule has 26 heavy (non-hydrogen) atoms. The van der Waals surface area contributed by atoms with Crippen molar-refractivity contribution in [2.45, 2.75) is 26.7 Å². The van der Waals surface area contributed by atoms with Crippen LogP contribution in [0.1, 0.15) is 26.7 Å². The van der Waals surface area contributed by atoms with Gasteiger partial charge in [-0.2, -0.15) is 0 Å². The average Bonchev–Trinajstić information content (AvgIpc) is 2.68. The van der Waals surface area contributed by atoms with Gasteiger partial charge in [0, 0.05) is 56.0 Å². The zero-order valence-electron chi connectivity index (χ0n) is 15.7. The first-order chi connectivity index (χ1) is 12.7. The minimum Gasteiger partial charge on any atom is -0.368 e. The van der Waals surface area contributed by atoms with Gasteiger partial charge in [0.2, 0.25) is 0 Å². The molecular formula is C20H28ClN5. The van der Waals surface area contributed by atoms with Crippen LogP contribution in [0.5, 0.6) is 0 Å². The zero-order chi connectivity index (χ0) is 18.4. The van der Waals surface area contributed by atoms with Crippen molar-refractivity contribution in [2.24, 2.45) is 0 Å². The van der Waals surface area contributed by atoms with Gasteiger partial charge in [-0.05, 0) is 31.0 Å². The zero-order valence-corrected chi connectivity index (χ0v) is 16.5. The molecule has 0 N–H and O–H groups in total. The molecule has 5 nitrogen and oxygen atoms in total. The van der Waals surface area contributed by atoms with E-state index in [9.17, 15) is 0 Å². The second-order valence-corrected chi connectivity index (χ2v) is 7.11. The first-order valence-corrected chi connectivity index (χ1v) is 9.91. The first kappa shape index (κ1) is 18.8. The van der Waals surface area contributed by atoms with Crippen LogP contribution < -0.4 is 14.7 Å². The molecule has 2 heterocycles. The molecule has 1 aromatic heterocycles. The maximum atomic E-state index is 6.13. The lowest BCUT2D eigenvalue weighted by atomic mass is 10.2. The highest BCUT2D eigenvalue weighted by molar-refractivity contribution is 6.30. The molecule has 140 valence electrons. The molecule has 0 spiro atoms. The van der Waals surface area contributed by atoms with E-state index in [0.717, 1.165) is 68.8 Å². The SMILES string of the molecule is CCCN(CCC)c1cc(N2CCN(c3cccc(Cl)c3)CC2)ncn1. The smallest absolute Gasteiger partial charge is 0.134 e. The lowest BCUT2D eigenvalue weighted by Gasteiger charge is -2.37. The fourth-order valence-electron chi connectivity index (χ4n) is 3.43. The molecule has 0 aliphatic carbocycles. The van der Waals surface area contributed by atoms with Crippen molar-refractivity contribution >= 4 is 28.9 Å². The minimum absolute atomic E-state index is 0.789. The predicted octanol–water partition coefficient (Wildman–Crippen LogP) is 4.08. The average molecular weight is 374 g/mol. The van der Waals surface area contributed by atoms with Crippen molar-refractivity contribution in [3.8, 4) is 0 Å². The van der Waals surface area contributed by atoms with Crippen molar-refractivity contribution in [1.82, 2.24) is 9.97 Å². The topological polar surface area (TPSA) is 35.5 Å². The molecule has 6 heteroatoms.